The van der Waals surface area contributed by atoms with Gasteiger partial charge in [-0.15, -0.1) is 11.8 Å². The third-order valence-electron chi connectivity index (χ3n) is 4.98. The highest BCUT2D eigenvalue weighted by Gasteiger charge is 2.32. The fraction of sp³-hybridized carbons (Fsp3) is 0.167. The van der Waals surface area contributed by atoms with E-state index in [9.17, 15) is 9.59 Å². The molecule has 0 spiro atoms. The van der Waals surface area contributed by atoms with E-state index in [1.54, 1.807) is 43.1 Å². The molecule has 1 aliphatic rings. The van der Waals surface area contributed by atoms with Gasteiger partial charge >= 0.3 is 0 Å². The maximum atomic E-state index is 12.6. The Morgan fingerprint density at radius 2 is 1.73 bits per heavy atom. The van der Waals surface area contributed by atoms with Gasteiger partial charge in [0, 0.05) is 12.1 Å². The molecule has 6 heteroatoms. The van der Waals surface area contributed by atoms with E-state index >= 15 is 0 Å². The number of amides is 2. The zero-order chi connectivity index (χ0) is 20.9. The third kappa shape index (κ3) is 4.33. The van der Waals surface area contributed by atoms with Crippen molar-refractivity contribution in [2.75, 3.05) is 18.2 Å². The highest BCUT2D eigenvalue weighted by atomic mass is 32.2. The van der Waals surface area contributed by atoms with Gasteiger partial charge < -0.3 is 15.0 Å². The lowest BCUT2D eigenvalue weighted by Gasteiger charge is -2.24. The Kier molecular flexibility index (Phi) is 6.05. The van der Waals surface area contributed by atoms with Crippen molar-refractivity contribution in [3.8, 4) is 5.75 Å². The van der Waals surface area contributed by atoms with Crippen molar-refractivity contribution in [2.45, 2.75) is 11.9 Å². The van der Waals surface area contributed by atoms with Crippen molar-refractivity contribution >= 4 is 29.3 Å². The highest BCUT2D eigenvalue weighted by molar-refractivity contribution is 8.00. The predicted octanol–water partition coefficient (Wildman–Crippen LogP) is 4.72. The molecule has 1 N–H and O–H groups in total. The van der Waals surface area contributed by atoms with Crippen LogP contribution in [0.15, 0.2) is 78.9 Å². The van der Waals surface area contributed by atoms with Crippen LogP contribution in [0.3, 0.4) is 0 Å². The molecule has 1 saturated heterocycles. The minimum Gasteiger partial charge on any atom is -0.495 e. The maximum absolute atomic E-state index is 12.6. The van der Waals surface area contributed by atoms with Crippen LogP contribution in [0.2, 0.25) is 0 Å². The van der Waals surface area contributed by atoms with Crippen LogP contribution in [-0.4, -0.2) is 29.6 Å². The third-order valence-corrected chi connectivity index (χ3v) is 6.23. The molecule has 3 aromatic carbocycles. The molecule has 1 fully saturated rings. The van der Waals surface area contributed by atoms with Gasteiger partial charge in [0.1, 0.15) is 11.1 Å². The van der Waals surface area contributed by atoms with Crippen molar-refractivity contribution in [3.63, 3.8) is 0 Å². The van der Waals surface area contributed by atoms with Crippen LogP contribution < -0.4 is 10.1 Å². The first-order chi connectivity index (χ1) is 14.7. The Hall–Kier alpha value is -3.25. The molecule has 0 radical (unpaired) electrons. The first kappa shape index (κ1) is 20.0. The summed E-state index contributed by atoms with van der Waals surface area (Å²) in [5.74, 6) is 1.00. The van der Waals surface area contributed by atoms with Crippen LogP contribution in [0.25, 0.3) is 0 Å². The average molecular weight is 419 g/mol. The SMILES string of the molecule is COc1ccccc1NC(=O)c1ccc([C@H]2SCC(=O)N2Cc2ccccc2)cc1. The Morgan fingerprint density at radius 3 is 2.47 bits per heavy atom. The Balaban J connectivity index is 1.48. The van der Waals surface area contributed by atoms with E-state index in [2.05, 4.69) is 5.32 Å². The van der Waals surface area contributed by atoms with Gasteiger partial charge in [-0.2, -0.15) is 0 Å². The lowest BCUT2D eigenvalue weighted by Crippen LogP contribution is -2.27. The lowest BCUT2D eigenvalue weighted by molar-refractivity contribution is -0.128. The number of nitrogens with one attached hydrogen (secondary N) is 1. The first-order valence-corrected chi connectivity index (χ1v) is 10.7. The molecular formula is C24H22N2O3S. The van der Waals surface area contributed by atoms with Gasteiger partial charge in [-0.3, -0.25) is 9.59 Å². The normalized spacial score (nSPS) is 15.8. The molecule has 1 heterocycles. The summed E-state index contributed by atoms with van der Waals surface area (Å²) in [6.45, 7) is 0.577. The molecule has 2 amide bonds. The quantitative estimate of drug-likeness (QED) is 0.629. The number of benzene rings is 3. The second-order valence-electron chi connectivity index (χ2n) is 6.95. The number of carbonyl (C=O) groups is 2. The fourth-order valence-electron chi connectivity index (χ4n) is 3.42. The summed E-state index contributed by atoms with van der Waals surface area (Å²) < 4.78 is 5.28. The largest absolute Gasteiger partial charge is 0.495 e. The number of para-hydroxylation sites is 2. The minimum absolute atomic E-state index is 0.0518. The number of thioether (sulfide) groups is 1. The van der Waals surface area contributed by atoms with E-state index in [4.69, 9.17) is 4.74 Å². The Bertz CT molecular complexity index is 1040. The number of ether oxygens (including phenoxy) is 1. The van der Waals surface area contributed by atoms with Crippen LogP contribution in [0, 0.1) is 0 Å². The molecule has 0 aliphatic carbocycles. The number of carbonyl (C=O) groups excluding carboxylic acids is 2. The van der Waals surface area contributed by atoms with Crippen molar-refractivity contribution in [2.24, 2.45) is 0 Å². The highest BCUT2D eigenvalue weighted by Crippen LogP contribution is 2.39. The van der Waals surface area contributed by atoms with E-state index in [-0.39, 0.29) is 17.2 Å². The number of anilines is 1. The summed E-state index contributed by atoms with van der Waals surface area (Å²) >= 11 is 1.61. The molecule has 0 bridgehead atoms. The van der Waals surface area contributed by atoms with E-state index in [1.807, 2.05) is 59.5 Å². The maximum Gasteiger partial charge on any atom is 0.255 e. The smallest absolute Gasteiger partial charge is 0.255 e. The summed E-state index contributed by atoms with van der Waals surface area (Å²) in [6, 6.07) is 24.7. The van der Waals surface area contributed by atoms with Gasteiger partial charge in [-0.25, -0.2) is 0 Å². The molecule has 152 valence electrons. The molecule has 3 aromatic rings. The van der Waals surface area contributed by atoms with Crippen molar-refractivity contribution in [3.05, 3.63) is 95.6 Å². The summed E-state index contributed by atoms with van der Waals surface area (Å²) in [6.07, 6.45) is 0. The molecule has 30 heavy (non-hydrogen) atoms. The monoisotopic (exact) mass is 418 g/mol. The van der Waals surface area contributed by atoms with E-state index in [1.165, 1.54) is 0 Å². The van der Waals surface area contributed by atoms with Crippen LogP contribution in [0.5, 0.6) is 5.75 Å². The van der Waals surface area contributed by atoms with Gasteiger partial charge in [0.25, 0.3) is 5.91 Å². The van der Waals surface area contributed by atoms with Crippen LogP contribution in [0.1, 0.15) is 26.9 Å². The molecule has 4 rings (SSSR count). The van der Waals surface area contributed by atoms with Crippen LogP contribution >= 0.6 is 11.8 Å². The van der Waals surface area contributed by atoms with Crippen LogP contribution in [-0.2, 0) is 11.3 Å². The zero-order valence-electron chi connectivity index (χ0n) is 16.6. The summed E-state index contributed by atoms with van der Waals surface area (Å²) in [4.78, 5) is 27.0. The van der Waals surface area contributed by atoms with E-state index < -0.39 is 0 Å². The number of methoxy groups -OCH3 is 1. The number of hydrogen-bond acceptors (Lipinski definition) is 4. The molecule has 0 saturated carbocycles. The Labute approximate surface area is 180 Å². The fourth-order valence-corrected chi connectivity index (χ4v) is 4.61. The first-order valence-electron chi connectivity index (χ1n) is 9.65. The van der Waals surface area contributed by atoms with Gasteiger partial charge in [-0.1, -0.05) is 54.6 Å². The second-order valence-corrected chi connectivity index (χ2v) is 8.02. The number of nitrogens with zero attached hydrogens (tertiary/aromatic N) is 1. The molecule has 0 aromatic heterocycles. The second kappa shape index (κ2) is 9.05. The van der Waals surface area contributed by atoms with Gasteiger partial charge in [0.05, 0.1) is 18.6 Å². The lowest BCUT2D eigenvalue weighted by atomic mass is 10.1. The van der Waals surface area contributed by atoms with Gasteiger partial charge in [0.15, 0.2) is 0 Å². The number of hydrogen-bond donors (Lipinski definition) is 1. The summed E-state index contributed by atoms with van der Waals surface area (Å²) in [7, 11) is 1.57. The van der Waals surface area contributed by atoms with E-state index in [0.717, 1.165) is 11.1 Å². The van der Waals surface area contributed by atoms with Crippen LogP contribution in [0.4, 0.5) is 5.69 Å². The van der Waals surface area contributed by atoms with Crippen molar-refractivity contribution < 1.29 is 14.3 Å². The van der Waals surface area contributed by atoms with Crippen molar-refractivity contribution in [1.82, 2.24) is 4.90 Å². The molecule has 5 nitrogen and oxygen atoms in total. The van der Waals surface area contributed by atoms with Crippen molar-refractivity contribution in [1.29, 1.82) is 0 Å². The minimum atomic E-state index is -0.206. The van der Waals surface area contributed by atoms with E-state index in [0.29, 0.717) is 29.3 Å². The topological polar surface area (TPSA) is 58.6 Å². The molecule has 1 aliphatic heterocycles. The zero-order valence-corrected chi connectivity index (χ0v) is 17.4. The van der Waals surface area contributed by atoms with Gasteiger partial charge in [-0.05, 0) is 35.4 Å². The number of rotatable bonds is 6. The molecular weight excluding hydrogens is 396 g/mol. The van der Waals surface area contributed by atoms with Gasteiger partial charge in [0.2, 0.25) is 5.91 Å². The summed E-state index contributed by atoms with van der Waals surface area (Å²) in [5, 5.41) is 2.83. The average Bonchev–Trinajstić information content (AvgIpc) is 3.15. The molecule has 1 atom stereocenters. The standard InChI is InChI=1S/C24H22N2O3S/c1-29-21-10-6-5-9-20(21)25-23(28)18-11-13-19(14-12-18)24-26(22(27)16-30-24)15-17-7-3-2-4-8-17/h2-14,24H,15-16H2,1H3,(H,25,28)/t24-/m1/s1. The Morgan fingerprint density at radius 1 is 1.03 bits per heavy atom. The molecule has 0 unspecified atom stereocenters. The predicted molar refractivity (Wildman–Crippen MR) is 120 cm³/mol. The summed E-state index contributed by atoms with van der Waals surface area (Å²) in [5.41, 5.74) is 3.29.